The van der Waals surface area contributed by atoms with Crippen LogP contribution in [0, 0.1) is 5.92 Å². The summed E-state index contributed by atoms with van der Waals surface area (Å²) in [4.78, 5) is 18.5. The van der Waals surface area contributed by atoms with Crippen LogP contribution in [0.5, 0.6) is 0 Å². The quantitative estimate of drug-likeness (QED) is 0.870. The van der Waals surface area contributed by atoms with Gasteiger partial charge in [0.05, 0.1) is 0 Å². The van der Waals surface area contributed by atoms with Crippen LogP contribution < -0.4 is 0 Å². The summed E-state index contributed by atoms with van der Waals surface area (Å²) in [5.41, 5.74) is 0. The lowest BCUT2D eigenvalue weighted by atomic mass is 10.0. The highest BCUT2D eigenvalue weighted by molar-refractivity contribution is 5.90. The Kier molecular flexibility index (Phi) is 3.06. The van der Waals surface area contributed by atoms with E-state index < -0.39 is 0 Å². The van der Waals surface area contributed by atoms with E-state index in [4.69, 9.17) is 0 Å². The number of nitrogens with one attached hydrogen (secondary N) is 1. The van der Waals surface area contributed by atoms with Crippen molar-refractivity contribution in [2.45, 2.75) is 44.9 Å². The molecule has 5 heteroatoms. The minimum absolute atomic E-state index is 0.00718. The van der Waals surface area contributed by atoms with Gasteiger partial charge in [0.1, 0.15) is 5.82 Å². The molecule has 1 amide bonds. The zero-order valence-electron chi connectivity index (χ0n) is 10.9. The zero-order valence-corrected chi connectivity index (χ0v) is 10.9. The molecule has 18 heavy (non-hydrogen) atoms. The highest BCUT2D eigenvalue weighted by atomic mass is 16.2. The first kappa shape index (κ1) is 11.7. The van der Waals surface area contributed by atoms with E-state index in [2.05, 4.69) is 22.1 Å². The second-order valence-corrected chi connectivity index (χ2v) is 5.65. The number of rotatable bonds is 2. The number of carbonyl (C=O) groups excluding carboxylic acids is 1. The molecule has 0 radical (unpaired) electrons. The van der Waals surface area contributed by atoms with Crippen LogP contribution in [0.3, 0.4) is 0 Å². The highest BCUT2D eigenvalue weighted by Gasteiger charge is 2.29. The maximum absolute atomic E-state index is 12.3. The van der Waals surface area contributed by atoms with E-state index in [9.17, 15) is 4.79 Å². The predicted molar refractivity (Wildman–Crippen MR) is 67.3 cm³/mol. The third-order valence-electron chi connectivity index (χ3n) is 3.96. The smallest absolute Gasteiger partial charge is 0.293 e. The second-order valence-electron chi connectivity index (χ2n) is 5.65. The van der Waals surface area contributed by atoms with E-state index in [1.165, 1.54) is 19.3 Å². The fourth-order valence-electron chi connectivity index (χ4n) is 2.52. The summed E-state index contributed by atoms with van der Waals surface area (Å²) < 4.78 is 0. The van der Waals surface area contributed by atoms with Crippen molar-refractivity contribution >= 4 is 5.91 Å². The SMILES string of the molecule is CC1CCCN(C(=O)c2n[nH]c(C3CC3)n2)CC1. The van der Waals surface area contributed by atoms with E-state index in [-0.39, 0.29) is 5.91 Å². The van der Waals surface area contributed by atoms with Gasteiger partial charge >= 0.3 is 0 Å². The first-order valence-electron chi connectivity index (χ1n) is 6.95. The summed E-state index contributed by atoms with van der Waals surface area (Å²) in [6.45, 7) is 3.94. The molecule has 1 unspecified atom stereocenters. The van der Waals surface area contributed by atoms with Crippen LogP contribution in [0.15, 0.2) is 0 Å². The minimum atomic E-state index is -0.00718. The molecule has 1 aliphatic carbocycles. The van der Waals surface area contributed by atoms with Gasteiger partial charge in [0.2, 0.25) is 5.82 Å². The molecule has 5 nitrogen and oxygen atoms in total. The Morgan fingerprint density at radius 3 is 2.89 bits per heavy atom. The van der Waals surface area contributed by atoms with Crippen LogP contribution in [-0.4, -0.2) is 39.1 Å². The highest BCUT2D eigenvalue weighted by Crippen LogP contribution is 2.37. The molecule has 1 saturated carbocycles. The third kappa shape index (κ3) is 2.40. The van der Waals surface area contributed by atoms with Gasteiger partial charge in [-0.05, 0) is 38.0 Å². The standard InChI is InChI=1S/C13H20N4O/c1-9-3-2-7-17(8-6-9)13(18)12-14-11(15-16-12)10-4-5-10/h9-10H,2-8H2,1H3,(H,14,15,16). The third-order valence-corrected chi connectivity index (χ3v) is 3.96. The molecule has 1 atom stereocenters. The number of likely N-dealkylation sites (tertiary alicyclic amines) is 1. The van der Waals surface area contributed by atoms with E-state index in [1.807, 2.05) is 4.90 Å². The molecule has 1 saturated heterocycles. The van der Waals surface area contributed by atoms with Crippen LogP contribution in [0.25, 0.3) is 0 Å². The Morgan fingerprint density at radius 2 is 2.11 bits per heavy atom. The molecule has 0 aromatic carbocycles. The number of amides is 1. The minimum Gasteiger partial charge on any atom is -0.336 e. The number of nitrogens with zero attached hydrogens (tertiary/aromatic N) is 3. The van der Waals surface area contributed by atoms with Crippen molar-refractivity contribution in [3.05, 3.63) is 11.6 Å². The largest absolute Gasteiger partial charge is 0.336 e. The van der Waals surface area contributed by atoms with Crippen LogP contribution >= 0.6 is 0 Å². The van der Waals surface area contributed by atoms with Crippen molar-refractivity contribution in [2.24, 2.45) is 5.92 Å². The maximum atomic E-state index is 12.3. The Balaban J connectivity index is 1.68. The molecule has 2 fully saturated rings. The van der Waals surface area contributed by atoms with Gasteiger partial charge in [-0.1, -0.05) is 6.92 Å². The Morgan fingerprint density at radius 1 is 1.28 bits per heavy atom. The molecule has 2 aliphatic rings. The Bertz CT molecular complexity index is 438. The van der Waals surface area contributed by atoms with Gasteiger partial charge in [-0.2, -0.15) is 0 Å². The van der Waals surface area contributed by atoms with Gasteiger partial charge < -0.3 is 4.90 Å². The summed E-state index contributed by atoms with van der Waals surface area (Å²) in [6, 6.07) is 0. The molecule has 1 aliphatic heterocycles. The van der Waals surface area contributed by atoms with Gasteiger partial charge in [0, 0.05) is 19.0 Å². The van der Waals surface area contributed by atoms with Crippen LogP contribution in [0.2, 0.25) is 0 Å². The van der Waals surface area contributed by atoms with Crippen LogP contribution in [-0.2, 0) is 0 Å². The molecule has 1 aromatic heterocycles. The Labute approximate surface area is 107 Å². The molecule has 2 heterocycles. The monoisotopic (exact) mass is 248 g/mol. The molecular formula is C13H20N4O. The molecule has 1 N–H and O–H groups in total. The number of carbonyl (C=O) groups is 1. The topological polar surface area (TPSA) is 61.9 Å². The fraction of sp³-hybridized carbons (Fsp3) is 0.769. The van der Waals surface area contributed by atoms with Crippen LogP contribution in [0.1, 0.15) is 61.4 Å². The summed E-state index contributed by atoms with van der Waals surface area (Å²) in [5.74, 6) is 2.47. The van der Waals surface area contributed by atoms with Gasteiger partial charge in [0.25, 0.3) is 5.91 Å². The van der Waals surface area contributed by atoms with E-state index in [0.717, 1.165) is 37.7 Å². The van der Waals surface area contributed by atoms with Crippen molar-refractivity contribution in [1.82, 2.24) is 20.1 Å². The molecule has 1 aromatic rings. The first-order chi connectivity index (χ1) is 8.74. The average Bonchev–Trinajstić information content (AvgIpc) is 3.14. The zero-order chi connectivity index (χ0) is 12.5. The van der Waals surface area contributed by atoms with Crippen molar-refractivity contribution in [3.8, 4) is 0 Å². The van der Waals surface area contributed by atoms with E-state index in [0.29, 0.717) is 11.7 Å². The molecule has 98 valence electrons. The molecule has 0 bridgehead atoms. The lowest BCUT2D eigenvalue weighted by molar-refractivity contribution is 0.0748. The molecule has 0 spiro atoms. The van der Waals surface area contributed by atoms with Crippen molar-refractivity contribution in [1.29, 1.82) is 0 Å². The fourth-order valence-corrected chi connectivity index (χ4v) is 2.52. The lowest BCUT2D eigenvalue weighted by Gasteiger charge is -2.18. The first-order valence-corrected chi connectivity index (χ1v) is 6.95. The van der Waals surface area contributed by atoms with E-state index in [1.54, 1.807) is 0 Å². The average molecular weight is 248 g/mol. The molecular weight excluding hydrogens is 228 g/mol. The van der Waals surface area contributed by atoms with Gasteiger partial charge in [0.15, 0.2) is 0 Å². The number of hydrogen-bond donors (Lipinski definition) is 1. The number of hydrogen-bond acceptors (Lipinski definition) is 3. The maximum Gasteiger partial charge on any atom is 0.293 e. The van der Waals surface area contributed by atoms with Gasteiger partial charge in [-0.25, -0.2) is 4.98 Å². The normalized spacial score (nSPS) is 24.9. The lowest BCUT2D eigenvalue weighted by Crippen LogP contribution is -2.32. The summed E-state index contributed by atoms with van der Waals surface area (Å²) in [5, 5.41) is 6.98. The van der Waals surface area contributed by atoms with Crippen molar-refractivity contribution in [2.75, 3.05) is 13.1 Å². The van der Waals surface area contributed by atoms with Gasteiger partial charge in [-0.15, -0.1) is 5.10 Å². The Hall–Kier alpha value is -1.39. The number of H-pyrrole nitrogens is 1. The van der Waals surface area contributed by atoms with Crippen molar-refractivity contribution in [3.63, 3.8) is 0 Å². The second kappa shape index (κ2) is 4.71. The van der Waals surface area contributed by atoms with Crippen molar-refractivity contribution < 1.29 is 4.79 Å². The summed E-state index contributed by atoms with van der Waals surface area (Å²) in [7, 11) is 0. The number of aromatic nitrogens is 3. The summed E-state index contributed by atoms with van der Waals surface area (Å²) in [6.07, 6.45) is 5.73. The van der Waals surface area contributed by atoms with Gasteiger partial charge in [-0.3, -0.25) is 9.89 Å². The number of aromatic amines is 1. The van der Waals surface area contributed by atoms with Crippen LogP contribution in [0.4, 0.5) is 0 Å². The summed E-state index contributed by atoms with van der Waals surface area (Å²) >= 11 is 0. The predicted octanol–water partition coefficient (Wildman–Crippen LogP) is 1.94. The molecule has 3 rings (SSSR count). The van der Waals surface area contributed by atoms with E-state index >= 15 is 0 Å².